The smallest absolute Gasteiger partial charge is 0.270 e. The number of carbonyl (C=O) groups excluding carboxylic acids is 1. The molecule has 2 N–H and O–H groups in total. The minimum Gasteiger partial charge on any atom is -0.392 e. The minimum absolute atomic E-state index is 0.135. The zero-order chi connectivity index (χ0) is 17.0. The van der Waals surface area contributed by atoms with Gasteiger partial charge in [-0.2, -0.15) is 0 Å². The highest BCUT2D eigenvalue weighted by Crippen LogP contribution is 2.25. The molecule has 23 heavy (non-hydrogen) atoms. The van der Waals surface area contributed by atoms with Crippen molar-refractivity contribution < 1.29 is 14.8 Å². The molecule has 0 bridgehead atoms. The van der Waals surface area contributed by atoms with Gasteiger partial charge >= 0.3 is 0 Å². The lowest BCUT2D eigenvalue weighted by atomic mass is 10.1. The van der Waals surface area contributed by atoms with Gasteiger partial charge in [-0.05, 0) is 23.8 Å². The number of nitro benzene ring substituents is 1. The Kier molecular flexibility index (Phi) is 4.92. The number of aliphatic hydroxyl groups is 1. The van der Waals surface area contributed by atoms with Gasteiger partial charge < -0.3 is 15.3 Å². The zero-order valence-corrected chi connectivity index (χ0v) is 12.8. The van der Waals surface area contributed by atoms with Crippen molar-refractivity contribution in [1.82, 2.24) is 0 Å². The Morgan fingerprint density at radius 2 is 2.00 bits per heavy atom. The highest BCUT2D eigenvalue weighted by atomic mass is 16.6. The molecular weight excluding hydrogens is 298 g/mol. The standard InChI is InChI=1S/C16H17N3O4/c1-18(2)15-7-6-13(19(22)23)9-14(15)16(21)17-12-5-3-4-11(8-12)10-20/h3-9,20H,10H2,1-2H3,(H,17,21). The van der Waals surface area contributed by atoms with Crippen LogP contribution in [0.25, 0.3) is 0 Å². The second-order valence-corrected chi connectivity index (χ2v) is 5.17. The maximum Gasteiger partial charge on any atom is 0.270 e. The molecule has 0 saturated heterocycles. The lowest BCUT2D eigenvalue weighted by molar-refractivity contribution is -0.384. The van der Waals surface area contributed by atoms with Crippen molar-refractivity contribution in [2.45, 2.75) is 6.61 Å². The largest absolute Gasteiger partial charge is 0.392 e. The summed E-state index contributed by atoms with van der Waals surface area (Å²) < 4.78 is 0. The Labute approximate surface area is 133 Å². The first-order valence-electron chi connectivity index (χ1n) is 6.89. The van der Waals surface area contributed by atoms with Crippen molar-refractivity contribution in [1.29, 1.82) is 0 Å². The van der Waals surface area contributed by atoms with Gasteiger partial charge in [0, 0.05) is 37.6 Å². The molecule has 0 aliphatic carbocycles. The fraction of sp³-hybridized carbons (Fsp3) is 0.188. The molecule has 2 aromatic carbocycles. The zero-order valence-electron chi connectivity index (χ0n) is 12.8. The lowest BCUT2D eigenvalue weighted by Gasteiger charge is -2.17. The summed E-state index contributed by atoms with van der Waals surface area (Å²) in [6, 6.07) is 10.9. The summed E-state index contributed by atoms with van der Waals surface area (Å²) in [6.07, 6.45) is 0. The Morgan fingerprint density at radius 3 is 2.61 bits per heavy atom. The van der Waals surface area contributed by atoms with Gasteiger partial charge in [0.25, 0.3) is 11.6 Å². The SMILES string of the molecule is CN(C)c1ccc([N+](=O)[O-])cc1C(=O)Nc1cccc(CO)c1. The first-order chi connectivity index (χ1) is 10.9. The van der Waals surface area contributed by atoms with E-state index in [1.165, 1.54) is 18.2 Å². The first-order valence-corrected chi connectivity index (χ1v) is 6.89. The molecule has 7 heteroatoms. The van der Waals surface area contributed by atoms with E-state index in [-0.39, 0.29) is 17.9 Å². The number of anilines is 2. The maximum absolute atomic E-state index is 12.5. The Morgan fingerprint density at radius 1 is 1.26 bits per heavy atom. The highest BCUT2D eigenvalue weighted by molar-refractivity contribution is 6.08. The second kappa shape index (κ2) is 6.89. The number of hydrogen-bond acceptors (Lipinski definition) is 5. The van der Waals surface area contributed by atoms with Gasteiger partial charge in [-0.1, -0.05) is 12.1 Å². The second-order valence-electron chi connectivity index (χ2n) is 5.17. The number of benzene rings is 2. The van der Waals surface area contributed by atoms with Gasteiger partial charge in [-0.3, -0.25) is 14.9 Å². The van der Waals surface area contributed by atoms with Crippen LogP contribution >= 0.6 is 0 Å². The third kappa shape index (κ3) is 3.83. The fourth-order valence-corrected chi connectivity index (χ4v) is 2.16. The van der Waals surface area contributed by atoms with E-state index in [1.807, 2.05) is 0 Å². The van der Waals surface area contributed by atoms with Crippen molar-refractivity contribution in [2.75, 3.05) is 24.3 Å². The summed E-state index contributed by atoms with van der Waals surface area (Å²) in [5.74, 6) is -0.451. The number of nitrogens with zero attached hydrogens (tertiary/aromatic N) is 2. The summed E-state index contributed by atoms with van der Waals surface area (Å²) in [5, 5.41) is 22.8. The van der Waals surface area contributed by atoms with Gasteiger partial charge in [0.2, 0.25) is 0 Å². The summed E-state index contributed by atoms with van der Waals surface area (Å²) in [7, 11) is 3.51. The first kappa shape index (κ1) is 16.4. The van der Waals surface area contributed by atoms with E-state index in [0.29, 0.717) is 16.9 Å². The third-order valence-electron chi connectivity index (χ3n) is 3.28. The van der Waals surface area contributed by atoms with E-state index in [9.17, 15) is 14.9 Å². The molecule has 1 amide bonds. The Hall–Kier alpha value is -2.93. The van der Waals surface area contributed by atoms with Gasteiger partial charge in [-0.25, -0.2) is 0 Å². The van der Waals surface area contributed by atoms with E-state index in [2.05, 4.69) is 5.32 Å². The van der Waals surface area contributed by atoms with E-state index in [1.54, 1.807) is 43.3 Å². The van der Waals surface area contributed by atoms with Crippen molar-refractivity contribution >= 4 is 23.0 Å². The number of non-ortho nitro benzene ring substituents is 1. The van der Waals surface area contributed by atoms with Crippen LogP contribution < -0.4 is 10.2 Å². The molecule has 0 heterocycles. The van der Waals surface area contributed by atoms with Crippen LogP contribution in [-0.4, -0.2) is 30.0 Å². The summed E-state index contributed by atoms with van der Waals surface area (Å²) in [5.41, 5.74) is 1.81. The van der Waals surface area contributed by atoms with E-state index < -0.39 is 10.8 Å². The Bertz CT molecular complexity index is 744. The summed E-state index contributed by atoms with van der Waals surface area (Å²) in [6.45, 7) is -0.135. The molecule has 0 aliphatic rings. The van der Waals surface area contributed by atoms with Crippen LogP contribution in [-0.2, 0) is 6.61 Å². The van der Waals surface area contributed by atoms with Crippen molar-refractivity contribution in [3.05, 3.63) is 63.7 Å². The van der Waals surface area contributed by atoms with Crippen molar-refractivity contribution in [3.8, 4) is 0 Å². The third-order valence-corrected chi connectivity index (χ3v) is 3.28. The number of aliphatic hydroxyl groups excluding tert-OH is 1. The molecule has 0 spiro atoms. The quantitative estimate of drug-likeness (QED) is 0.652. The fourth-order valence-electron chi connectivity index (χ4n) is 2.16. The van der Waals surface area contributed by atoms with Gasteiger partial charge in [-0.15, -0.1) is 0 Å². The Balaban J connectivity index is 2.36. The topological polar surface area (TPSA) is 95.7 Å². The number of nitrogens with one attached hydrogen (secondary N) is 1. The molecule has 120 valence electrons. The minimum atomic E-state index is -0.539. The molecule has 0 aliphatic heterocycles. The van der Waals surface area contributed by atoms with Crippen LogP contribution in [0.15, 0.2) is 42.5 Å². The molecule has 7 nitrogen and oxygen atoms in total. The van der Waals surface area contributed by atoms with E-state index >= 15 is 0 Å². The molecule has 0 unspecified atom stereocenters. The van der Waals surface area contributed by atoms with Crippen molar-refractivity contribution in [2.24, 2.45) is 0 Å². The molecule has 0 fully saturated rings. The molecular formula is C16H17N3O4. The van der Waals surface area contributed by atoms with Crippen LogP contribution in [0.2, 0.25) is 0 Å². The number of carbonyl (C=O) groups is 1. The molecule has 2 rings (SSSR count). The van der Waals surface area contributed by atoms with E-state index in [4.69, 9.17) is 5.11 Å². The lowest BCUT2D eigenvalue weighted by Crippen LogP contribution is -2.18. The molecule has 0 aromatic heterocycles. The number of hydrogen-bond donors (Lipinski definition) is 2. The van der Waals surface area contributed by atoms with E-state index in [0.717, 1.165) is 0 Å². The maximum atomic E-state index is 12.5. The highest BCUT2D eigenvalue weighted by Gasteiger charge is 2.18. The van der Waals surface area contributed by atoms with Crippen LogP contribution in [0.5, 0.6) is 0 Å². The molecule has 0 saturated carbocycles. The normalized spacial score (nSPS) is 10.2. The van der Waals surface area contributed by atoms with Gasteiger partial charge in [0.1, 0.15) is 0 Å². The molecule has 0 atom stereocenters. The molecule has 2 aromatic rings. The average Bonchev–Trinajstić information content (AvgIpc) is 2.54. The van der Waals surface area contributed by atoms with Gasteiger partial charge in [0.05, 0.1) is 17.1 Å². The number of amides is 1. The molecule has 0 radical (unpaired) electrons. The predicted octanol–water partition coefficient (Wildman–Crippen LogP) is 2.41. The van der Waals surface area contributed by atoms with Gasteiger partial charge in [0.15, 0.2) is 0 Å². The van der Waals surface area contributed by atoms with Crippen LogP contribution in [0.4, 0.5) is 17.1 Å². The average molecular weight is 315 g/mol. The van der Waals surface area contributed by atoms with Crippen LogP contribution in [0.1, 0.15) is 15.9 Å². The summed E-state index contributed by atoms with van der Waals surface area (Å²) >= 11 is 0. The number of rotatable bonds is 5. The monoisotopic (exact) mass is 315 g/mol. The van der Waals surface area contributed by atoms with Crippen LogP contribution in [0, 0.1) is 10.1 Å². The summed E-state index contributed by atoms with van der Waals surface area (Å²) in [4.78, 5) is 24.6. The number of nitro groups is 1. The van der Waals surface area contributed by atoms with Crippen LogP contribution in [0.3, 0.4) is 0 Å². The van der Waals surface area contributed by atoms with Crippen molar-refractivity contribution in [3.63, 3.8) is 0 Å². The predicted molar refractivity (Wildman–Crippen MR) is 87.7 cm³/mol.